The van der Waals surface area contributed by atoms with Crippen LogP contribution in [0.5, 0.6) is 11.5 Å². The first-order valence-electron chi connectivity index (χ1n) is 24.9. The molecule has 0 bridgehead atoms. The van der Waals surface area contributed by atoms with Crippen LogP contribution in [0.2, 0.25) is 0 Å². The molecule has 73 heavy (non-hydrogen) atoms. The number of benzene rings is 1. The molecule has 4 rings (SSSR count). The standard InChI is InChI=1S/C52H76O21/c1-3-5-7-9-11-13-15-19-23-38(59)67-30-37-42(62)44(64)50(73-51-45(65)43(63)41(61)35(28-54)69-51)52(70-37)72-47-36(29-55)68-48(40-31(27-53)25-33(57)26-34(40)58)46(66)49(47)71-39(60)24-20-16-18-22-32(56)21-17-14-12-10-8-6-4-2/h12-21,23-26,32,35-37,41-58,61-66H,3-11,22,27-30H2,1-2H3/b14-12+,15-13+,18-16+,21-17+,23-19+,24-20+/t32-,35-,36-,37-,41+,42+,43+,44+,45-,46+,47-,48+,49-,50-,51+,52+/m1/s1. The number of carbonyl (C=O) groups excluding carboxylic acids is 2. The SMILES string of the molecule is CCCCC/C=C/C=C/[C@@H](O)C/C=C/C=C/C(=O)O[C@@H]1[C@@H](O)[C@H](c2c(O)cc(O)cc2CO)O[C@H](CO)[C@H]1O[C@@H]1O[C@H](COC(=O)/C=C/C=C/CCCCCC)[C@H](O)[C@H](O)[C@H]1O[C@@H]1O[C@H](CO)[C@H](O)[C@H](O)[C@H]1O. The Morgan fingerprint density at radius 3 is 1.89 bits per heavy atom. The molecule has 3 aliphatic heterocycles. The number of aliphatic hydroxyl groups excluding tert-OH is 10. The summed E-state index contributed by atoms with van der Waals surface area (Å²) in [5.41, 5.74) is -0.391. The molecule has 3 heterocycles. The van der Waals surface area contributed by atoms with Gasteiger partial charge in [-0.3, -0.25) is 0 Å². The van der Waals surface area contributed by atoms with Crippen LogP contribution < -0.4 is 0 Å². The number of phenols is 2. The van der Waals surface area contributed by atoms with Crippen molar-refractivity contribution in [3.05, 3.63) is 96.2 Å². The number of ether oxygens (including phenoxy) is 7. The molecule has 0 unspecified atom stereocenters. The van der Waals surface area contributed by atoms with Gasteiger partial charge in [0.15, 0.2) is 18.7 Å². The van der Waals surface area contributed by atoms with E-state index in [1.165, 1.54) is 18.2 Å². The Bertz CT molecular complexity index is 1980. The van der Waals surface area contributed by atoms with Gasteiger partial charge in [-0.15, -0.1) is 0 Å². The van der Waals surface area contributed by atoms with E-state index in [4.69, 9.17) is 33.2 Å². The van der Waals surface area contributed by atoms with Crippen molar-refractivity contribution in [2.75, 3.05) is 19.8 Å². The maximum absolute atomic E-state index is 13.6. The third-order valence-electron chi connectivity index (χ3n) is 12.4. The van der Waals surface area contributed by atoms with E-state index >= 15 is 0 Å². The Labute approximate surface area is 425 Å². The van der Waals surface area contributed by atoms with Crippen LogP contribution in [-0.2, 0) is 49.4 Å². The maximum Gasteiger partial charge on any atom is 0.331 e. The fourth-order valence-electron chi connectivity index (χ4n) is 8.31. The summed E-state index contributed by atoms with van der Waals surface area (Å²) >= 11 is 0. The smallest absolute Gasteiger partial charge is 0.331 e. The predicted molar refractivity (Wildman–Crippen MR) is 260 cm³/mol. The average Bonchev–Trinajstić information content (AvgIpc) is 3.37. The van der Waals surface area contributed by atoms with Crippen molar-refractivity contribution in [3.63, 3.8) is 0 Å². The molecule has 0 aliphatic carbocycles. The van der Waals surface area contributed by atoms with E-state index in [1.54, 1.807) is 24.3 Å². The van der Waals surface area contributed by atoms with Crippen molar-refractivity contribution in [2.45, 2.75) is 183 Å². The molecule has 21 heteroatoms. The molecule has 3 saturated heterocycles. The van der Waals surface area contributed by atoms with Crippen LogP contribution in [0.1, 0.15) is 95.3 Å². The fraction of sp³-hybridized carbons (Fsp3) is 0.615. The number of phenolic OH excluding ortho intramolecular Hbond substituents is 2. The third-order valence-corrected chi connectivity index (χ3v) is 12.4. The molecule has 410 valence electrons. The molecule has 12 N–H and O–H groups in total. The lowest BCUT2D eigenvalue weighted by molar-refractivity contribution is -0.383. The Morgan fingerprint density at radius 1 is 0.616 bits per heavy atom. The summed E-state index contributed by atoms with van der Waals surface area (Å²) in [6.45, 7) is 0.872. The zero-order valence-corrected chi connectivity index (χ0v) is 41.3. The lowest BCUT2D eigenvalue weighted by atomic mass is 9.88. The minimum absolute atomic E-state index is 0.126. The number of hydrogen-bond donors (Lipinski definition) is 12. The van der Waals surface area contributed by atoms with E-state index in [9.17, 15) is 70.9 Å². The van der Waals surface area contributed by atoms with E-state index in [1.807, 2.05) is 18.2 Å². The number of carbonyl (C=O) groups is 2. The summed E-state index contributed by atoms with van der Waals surface area (Å²) in [4.78, 5) is 26.3. The van der Waals surface area contributed by atoms with E-state index < -0.39 is 148 Å². The average molecular weight is 1040 g/mol. The first-order valence-corrected chi connectivity index (χ1v) is 24.9. The Morgan fingerprint density at radius 2 is 1.22 bits per heavy atom. The molecule has 21 nitrogen and oxygen atoms in total. The molecular formula is C52H76O21. The summed E-state index contributed by atoms with van der Waals surface area (Å²) in [7, 11) is 0. The van der Waals surface area contributed by atoms with Gasteiger partial charge < -0.3 is 94.4 Å². The molecule has 0 aromatic heterocycles. The van der Waals surface area contributed by atoms with Gasteiger partial charge in [0.05, 0.1) is 25.9 Å². The van der Waals surface area contributed by atoms with Gasteiger partial charge in [-0.1, -0.05) is 107 Å². The zero-order valence-electron chi connectivity index (χ0n) is 41.3. The monoisotopic (exact) mass is 1040 g/mol. The zero-order chi connectivity index (χ0) is 53.5. The Balaban J connectivity index is 1.65. The van der Waals surface area contributed by atoms with Crippen LogP contribution >= 0.6 is 0 Å². The second-order valence-corrected chi connectivity index (χ2v) is 18.0. The van der Waals surface area contributed by atoms with Crippen molar-refractivity contribution in [1.29, 1.82) is 0 Å². The lowest BCUT2D eigenvalue weighted by Crippen LogP contribution is -2.66. The van der Waals surface area contributed by atoms with Gasteiger partial charge >= 0.3 is 11.9 Å². The van der Waals surface area contributed by atoms with E-state index in [-0.39, 0.29) is 17.5 Å². The highest BCUT2D eigenvalue weighted by molar-refractivity contribution is 5.82. The summed E-state index contributed by atoms with van der Waals surface area (Å²) in [5.74, 6) is -3.09. The highest BCUT2D eigenvalue weighted by Gasteiger charge is 2.55. The first kappa shape index (κ1) is 61.1. The molecule has 3 fully saturated rings. The Kier molecular flexibility index (Phi) is 26.9. The predicted octanol–water partition coefficient (Wildman–Crippen LogP) is 1.49. The van der Waals surface area contributed by atoms with Crippen molar-refractivity contribution < 1.29 is 104 Å². The lowest BCUT2D eigenvalue weighted by Gasteiger charge is -2.49. The fourth-order valence-corrected chi connectivity index (χ4v) is 8.31. The van der Waals surface area contributed by atoms with E-state index in [2.05, 4.69) is 13.8 Å². The second kappa shape index (κ2) is 32.1. The molecular weight excluding hydrogens is 961 g/mol. The van der Waals surface area contributed by atoms with Gasteiger partial charge in [0.25, 0.3) is 0 Å². The maximum atomic E-state index is 13.6. The molecule has 0 radical (unpaired) electrons. The first-order chi connectivity index (χ1) is 35.1. The van der Waals surface area contributed by atoms with Gasteiger partial charge in [-0.25, -0.2) is 9.59 Å². The van der Waals surface area contributed by atoms with Crippen molar-refractivity contribution in [1.82, 2.24) is 0 Å². The van der Waals surface area contributed by atoms with Gasteiger partial charge in [0, 0.05) is 23.8 Å². The van der Waals surface area contributed by atoms with Crippen LogP contribution in [0, 0.1) is 0 Å². The summed E-state index contributed by atoms with van der Waals surface area (Å²) in [5, 5.41) is 129. The minimum Gasteiger partial charge on any atom is -0.508 e. The van der Waals surface area contributed by atoms with Crippen molar-refractivity contribution >= 4 is 11.9 Å². The van der Waals surface area contributed by atoms with Crippen LogP contribution in [0.4, 0.5) is 0 Å². The summed E-state index contributed by atoms with van der Waals surface area (Å²) < 4.78 is 40.8. The molecule has 0 amide bonds. The van der Waals surface area contributed by atoms with Gasteiger partial charge in [-0.05, 0) is 43.7 Å². The number of rotatable bonds is 28. The van der Waals surface area contributed by atoms with Crippen LogP contribution in [0.15, 0.2) is 85.0 Å². The molecule has 16 atom stereocenters. The molecule has 1 aromatic carbocycles. The normalized spacial score (nSPS) is 31.7. The van der Waals surface area contributed by atoms with Crippen LogP contribution in [-0.4, -0.2) is 185 Å². The number of unbranched alkanes of at least 4 members (excludes halogenated alkanes) is 7. The summed E-state index contributed by atoms with van der Waals surface area (Å²) in [6, 6.07) is 1.97. The number of aromatic hydroxyl groups is 2. The van der Waals surface area contributed by atoms with Gasteiger partial charge in [-0.2, -0.15) is 0 Å². The highest BCUT2D eigenvalue weighted by Crippen LogP contribution is 2.43. The molecule has 0 saturated carbocycles. The molecule has 0 spiro atoms. The van der Waals surface area contributed by atoms with E-state index in [0.29, 0.717) is 0 Å². The molecule has 1 aromatic rings. The van der Waals surface area contributed by atoms with Gasteiger partial charge in [0.1, 0.15) is 91.4 Å². The summed E-state index contributed by atoms with van der Waals surface area (Å²) in [6.07, 6.45) is -0.893. The quantitative estimate of drug-likeness (QED) is 0.0245. The van der Waals surface area contributed by atoms with Crippen LogP contribution in [0.3, 0.4) is 0 Å². The highest BCUT2D eigenvalue weighted by atomic mass is 16.8. The second-order valence-electron chi connectivity index (χ2n) is 18.0. The largest absolute Gasteiger partial charge is 0.508 e. The van der Waals surface area contributed by atoms with Crippen molar-refractivity contribution in [3.8, 4) is 11.5 Å². The number of aliphatic hydroxyl groups is 10. The van der Waals surface area contributed by atoms with Crippen molar-refractivity contribution in [2.24, 2.45) is 0 Å². The van der Waals surface area contributed by atoms with Gasteiger partial charge in [0.2, 0.25) is 0 Å². The topological polar surface area (TPSA) is 342 Å². The number of hydrogen-bond acceptors (Lipinski definition) is 21. The van der Waals surface area contributed by atoms with E-state index in [0.717, 1.165) is 82.1 Å². The van der Waals surface area contributed by atoms with Crippen LogP contribution in [0.25, 0.3) is 0 Å². The molecule has 3 aliphatic rings. The number of allylic oxidation sites excluding steroid dienone is 8. The number of esters is 2. The minimum atomic E-state index is -2.09. The Hall–Kier alpha value is -4.40. The third kappa shape index (κ3) is 18.4.